The summed E-state index contributed by atoms with van der Waals surface area (Å²) < 4.78 is 44.9. The van der Waals surface area contributed by atoms with Gasteiger partial charge in [0.2, 0.25) is 0 Å². The number of carbonyl (C=O) groups is 1. The molecule has 0 atom stereocenters. The Labute approximate surface area is 201 Å². The van der Waals surface area contributed by atoms with Crippen molar-refractivity contribution in [3.05, 3.63) is 99.1 Å². The van der Waals surface area contributed by atoms with Crippen LogP contribution < -0.4 is 4.74 Å². The van der Waals surface area contributed by atoms with Crippen LogP contribution in [0.2, 0.25) is 0 Å². The molecule has 8 heteroatoms. The molecule has 0 aromatic heterocycles. The van der Waals surface area contributed by atoms with E-state index in [1.807, 2.05) is 42.5 Å². The number of thioether (sulfide) groups is 1. The van der Waals surface area contributed by atoms with Crippen molar-refractivity contribution < 1.29 is 27.8 Å². The van der Waals surface area contributed by atoms with Crippen molar-refractivity contribution >= 4 is 45.9 Å². The standard InChI is InChI=1S/C24H18F3IO3S/c25-24(26,27)18-8-6-17(7-9-18)20(16-4-2-1-3-5-16)12-13-32-22-11-10-19(14-21(22)28)31-15-23(29)30/h1-12,14H,13,15H2,(H,29,30). The second kappa shape index (κ2) is 10.9. The quantitative estimate of drug-likeness (QED) is 0.234. The number of rotatable bonds is 8. The minimum absolute atomic E-state index is 0.404. The molecule has 0 amide bonds. The highest BCUT2D eigenvalue weighted by atomic mass is 127. The number of aliphatic carboxylic acids is 1. The molecule has 0 spiro atoms. The summed E-state index contributed by atoms with van der Waals surface area (Å²) in [7, 11) is 0. The molecule has 0 saturated heterocycles. The van der Waals surface area contributed by atoms with Gasteiger partial charge in [0.25, 0.3) is 0 Å². The molecule has 0 heterocycles. The first-order valence-corrected chi connectivity index (χ1v) is 11.5. The smallest absolute Gasteiger partial charge is 0.416 e. The molecule has 0 bridgehead atoms. The third kappa shape index (κ3) is 6.77. The Balaban J connectivity index is 1.79. The topological polar surface area (TPSA) is 46.5 Å². The molecular weight excluding hydrogens is 552 g/mol. The highest BCUT2D eigenvalue weighted by Gasteiger charge is 2.30. The molecule has 0 aliphatic rings. The van der Waals surface area contributed by atoms with Crippen molar-refractivity contribution in [3.8, 4) is 5.75 Å². The van der Waals surface area contributed by atoms with E-state index in [-0.39, 0.29) is 0 Å². The summed E-state index contributed by atoms with van der Waals surface area (Å²) in [4.78, 5) is 11.6. The lowest BCUT2D eigenvalue weighted by Crippen LogP contribution is -2.09. The van der Waals surface area contributed by atoms with E-state index in [0.717, 1.165) is 31.7 Å². The number of hydrogen-bond acceptors (Lipinski definition) is 3. The van der Waals surface area contributed by atoms with Crippen molar-refractivity contribution in [2.45, 2.75) is 11.1 Å². The summed E-state index contributed by atoms with van der Waals surface area (Å²) in [5, 5.41) is 8.72. The van der Waals surface area contributed by atoms with Gasteiger partial charge < -0.3 is 9.84 Å². The highest BCUT2D eigenvalue weighted by Crippen LogP contribution is 2.33. The van der Waals surface area contributed by atoms with Gasteiger partial charge in [-0.25, -0.2) is 4.79 Å². The monoisotopic (exact) mass is 570 g/mol. The van der Waals surface area contributed by atoms with Crippen LogP contribution in [0.4, 0.5) is 13.2 Å². The molecule has 0 aliphatic carbocycles. The van der Waals surface area contributed by atoms with Gasteiger partial charge in [-0.2, -0.15) is 13.2 Å². The van der Waals surface area contributed by atoms with Gasteiger partial charge in [0.15, 0.2) is 6.61 Å². The van der Waals surface area contributed by atoms with E-state index in [2.05, 4.69) is 22.6 Å². The summed E-state index contributed by atoms with van der Waals surface area (Å²) in [6, 6.07) is 20.0. The normalized spacial score (nSPS) is 11.9. The van der Waals surface area contributed by atoms with Gasteiger partial charge in [0, 0.05) is 14.2 Å². The van der Waals surface area contributed by atoms with Crippen LogP contribution in [0.25, 0.3) is 5.57 Å². The third-order valence-electron chi connectivity index (χ3n) is 4.40. The number of benzene rings is 3. The fraction of sp³-hybridized carbons (Fsp3) is 0.125. The molecule has 0 fully saturated rings. The molecule has 32 heavy (non-hydrogen) atoms. The molecule has 0 unspecified atom stereocenters. The Hall–Kier alpha value is -2.46. The van der Waals surface area contributed by atoms with Crippen LogP contribution in [0.1, 0.15) is 16.7 Å². The van der Waals surface area contributed by atoms with E-state index in [1.54, 1.807) is 23.9 Å². The molecule has 1 N–H and O–H groups in total. The van der Waals surface area contributed by atoms with E-state index < -0.39 is 24.3 Å². The number of carboxylic acid groups (broad SMARTS) is 1. The Morgan fingerprint density at radius 2 is 1.66 bits per heavy atom. The van der Waals surface area contributed by atoms with Crippen LogP contribution in [0, 0.1) is 3.57 Å². The van der Waals surface area contributed by atoms with Crippen LogP contribution in [0.3, 0.4) is 0 Å². The summed E-state index contributed by atoms with van der Waals surface area (Å²) in [6.07, 6.45) is -2.38. The first-order chi connectivity index (χ1) is 15.2. The van der Waals surface area contributed by atoms with Crippen molar-refractivity contribution in [3.63, 3.8) is 0 Å². The Morgan fingerprint density at radius 1 is 1.00 bits per heavy atom. The summed E-state index contributed by atoms with van der Waals surface area (Å²) in [6.45, 7) is -0.404. The fourth-order valence-electron chi connectivity index (χ4n) is 2.91. The van der Waals surface area contributed by atoms with Crippen LogP contribution >= 0.6 is 34.4 Å². The lowest BCUT2D eigenvalue weighted by atomic mass is 9.97. The van der Waals surface area contributed by atoms with Crippen LogP contribution in [0.5, 0.6) is 5.75 Å². The molecule has 0 aliphatic heterocycles. The van der Waals surface area contributed by atoms with Gasteiger partial charge in [-0.15, -0.1) is 11.8 Å². The van der Waals surface area contributed by atoms with E-state index in [1.165, 1.54) is 12.1 Å². The lowest BCUT2D eigenvalue weighted by Gasteiger charge is -2.12. The second-order valence-corrected chi connectivity index (χ2v) is 8.87. The number of carboxylic acids is 1. The first-order valence-electron chi connectivity index (χ1n) is 9.44. The molecule has 3 rings (SSSR count). The largest absolute Gasteiger partial charge is 0.482 e. The molecule has 0 radical (unpaired) electrons. The minimum atomic E-state index is -4.37. The van der Waals surface area contributed by atoms with Crippen LogP contribution in [-0.4, -0.2) is 23.4 Å². The molecular formula is C24H18F3IO3S. The average molecular weight is 570 g/mol. The summed E-state index contributed by atoms with van der Waals surface area (Å²) in [5.41, 5.74) is 1.79. The predicted molar refractivity (Wildman–Crippen MR) is 128 cm³/mol. The third-order valence-corrected chi connectivity index (χ3v) is 6.66. The van der Waals surface area contributed by atoms with Gasteiger partial charge in [-0.1, -0.05) is 48.5 Å². The second-order valence-electron chi connectivity index (χ2n) is 6.64. The van der Waals surface area contributed by atoms with Gasteiger partial charge in [-0.05, 0) is 69.6 Å². The molecule has 166 valence electrons. The van der Waals surface area contributed by atoms with Crippen molar-refractivity contribution in [1.29, 1.82) is 0 Å². The zero-order chi connectivity index (χ0) is 23.1. The maximum Gasteiger partial charge on any atom is 0.416 e. The highest BCUT2D eigenvalue weighted by molar-refractivity contribution is 14.1. The van der Waals surface area contributed by atoms with Gasteiger partial charge in [-0.3, -0.25) is 0 Å². The van der Waals surface area contributed by atoms with E-state index in [0.29, 0.717) is 17.1 Å². The number of hydrogen-bond donors (Lipinski definition) is 1. The fourth-order valence-corrected chi connectivity index (χ4v) is 4.65. The maximum atomic E-state index is 12.9. The Morgan fingerprint density at radius 3 is 2.25 bits per heavy atom. The Kier molecular flexibility index (Phi) is 8.25. The maximum absolute atomic E-state index is 12.9. The molecule has 0 saturated carbocycles. The average Bonchev–Trinajstić information content (AvgIpc) is 2.76. The Bertz CT molecular complexity index is 1100. The summed E-state index contributed by atoms with van der Waals surface area (Å²) >= 11 is 3.73. The van der Waals surface area contributed by atoms with Crippen molar-refractivity contribution in [1.82, 2.24) is 0 Å². The lowest BCUT2D eigenvalue weighted by molar-refractivity contribution is -0.139. The number of ether oxygens (including phenoxy) is 1. The van der Waals surface area contributed by atoms with E-state index in [9.17, 15) is 18.0 Å². The predicted octanol–water partition coefficient (Wildman–Crippen LogP) is 7.00. The molecule has 3 aromatic carbocycles. The van der Waals surface area contributed by atoms with Gasteiger partial charge in [0.1, 0.15) is 5.75 Å². The van der Waals surface area contributed by atoms with Crippen molar-refractivity contribution in [2.75, 3.05) is 12.4 Å². The van der Waals surface area contributed by atoms with E-state index >= 15 is 0 Å². The molecule has 3 nitrogen and oxygen atoms in total. The zero-order valence-electron chi connectivity index (χ0n) is 16.6. The van der Waals surface area contributed by atoms with Crippen molar-refractivity contribution in [2.24, 2.45) is 0 Å². The molecule has 3 aromatic rings. The number of alkyl halides is 3. The van der Waals surface area contributed by atoms with Crippen LogP contribution in [-0.2, 0) is 11.0 Å². The van der Waals surface area contributed by atoms with Gasteiger partial charge >= 0.3 is 12.1 Å². The number of halogens is 4. The zero-order valence-corrected chi connectivity index (χ0v) is 19.6. The SMILES string of the molecule is O=C(O)COc1ccc(SCC=C(c2ccccc2)c2ccc(C(F)(F)F)cc2)c(I)c1. The van der Waals surface area contributed by atoms with Crippen LogP contribution in [0.15, 0.2) is 83.8 Å². The first kappa shape index (κ1) is 24.2. The minimum Gasteiger partial charge on any atom is -0.482 e. The van der Waals surface area contributed by atoms with Gasteiger partial charge in [0.05, 0.1) is 5.56 Å². The summed E-state index contributed by atoms with van der Waals surface area (Å²) in [5.74, 6) is 0.0306. The van der Waals surface area contributed by atoms with E-state index in [4.69, 9.17) is 9.84 Å².